The molecule has 2 aromatic rings. The summed E-state index contributed by atoms with van der Waals surface area (Å²) < 4.78 is 28.6. The van der Waals surface area contributed by atoms with Gasteiger partial charge in [-0.15, -0.1) is 0 Å². The van der Waals surface area contributed by atoms with Gasteiger partial charge in [0, 0.05) is 5.69 Å². The number of primary sulfonamides is 1. The molecule has 0 saturated carbocycles. The molecular formula is C18H22N2O4S. The molecule has 0 heterocycles. The number of nitrogens with one attached hydrogen (secondary N) is 1. The van der Waals surface area contributed by atoms with Crippen molar-refractivity contribution in [3.63, 3.8) is 0 Å². The van der Waals surface area contributed by atoms with Gasteiger partial charge in [-0.2, -0.15) is 0 Å². The highest BCUT2D eigenvalue weighted by atomic mass is 32.2. The molecule has 2 aromatic carbocycles. The van der Waals surface area contributed by atoms with Crippen LogP contribution in [0.3, 0.4) is 0 Å². The summed E-state index contributed by atoms with van der Waals surface area (Å²) >= 11 is 0. The van der Waals surface area contributed by atoms with Gasteiger partial charge in [-0.1, -0.05) is 12.1 Å². The van der Waals surface area contributed by atoms with Gasteiger partial charge in [0.1, 0.15) is 5.75 Å². The average Bonchev–Trinajstić information content (AvgIpc) is 2.51. The third kappa shape index (κ3) is 5.30. The highest BCUT2D eigenvalue weighted by molar-refractivity contribution is 7.89. The van der Waals surface area contributed by atoms with E-state index in [1.165, 1.54) is 11.6 Å². The Morgan fingerprint density at radius 3 is 2.36 bits per heavy atom. The molecule has 0 aliphatic heterocycles. The SMILES string of the molecule is Cc1ccc(OCCC(=O)Nc2ccc(C)c(S(N)(=O)=O)c2)cc1C. The van der Waals surface area contributed by atoms with Gasteiger partial charge < -0.3 is 10.1 Å². The van der Waals surface area contributed by atoms with E-state index >= 15 is 0 Å². The number of carbonyl (C=O) groups excluding carboxylic acids is 1. The first-order chi connectivity index (χ1) is 11.7. The second-order valence-electron chi connectivity index (χ2n) is 5.92. The number of sulfonamides is 1. The molecule has 2 rings (SSSR count). The topological polar surface area (TPSA) is 98.5 Å². The average molecular weight is 362 g/mol. The van der Waals surface area contributed by atoms with Crippen molar-refractivity contribution in [2.24, 2.45) is 5.14 Å². The van der Waals surface area contributed by atoms with Crippen LogP contribution in [0.2, 0.25) is 0 Å². The molecule has 0 aliphatic rings. The zero-order valence-electron chi connectivity index (χ0n) is 14.5. The summed E-state index contributed by atoms with van der Waals surface area (Å²) in [4.78, 5) is 12.0. The minimum atomic E-state index is -3.83. The Bertz CT molecular complexity index is 892. The van der Waals surface area contributed by atoms with E-state index in [1.54, 1.807) is 19.1 Å². The van der Waals surface area contributed by atoms with Crippen molar-refractivity contribution in [3.05, 3.63) is 53.1 Å². The van der Waals surface area contributed by atoms with Gasteiger partial charge in [0.05, 0.1) is 17.9 Å². The first kappa shape index (κ1) is 19.0. The highest BCUT2D eigenvalue weighted by Gasteiger charge is 2.13. The van der Waals surface area contributed by atoms with Gasteiger partial charge in [0.2, 0.25) is 15.9 Å². The van der Waals surface area contributed by atoms with Gasteiger partial charge in [-0.05, 0) is 61.7 Å². The number of rotatable bonds is 6. The predicted molar refractivity (Wildman–Crippen MR) is 97.2 cm³/mol. The molecule has 25 heavy (non-hydrogen) atoms. The van der Waals surface area contributed by atoms with Crippen molar-refractivity contribution in [1.82, 2.24) is 0 Å². The first-order valence-corrected chi connectivity index (χ1v) is 9.35. The number of nitrogens with two attached hydrogens (primary N) is 1. The Hall–Kier alpha value is -2.38. The van der Waals surface area contributed by atoms with Gasteiger partial charge in [0.25, 0.3) is 0 Å². The number of amides is 1. The number of ether oxygens (including phenoxy) is 1. The standard InChI is InChI=1S/C18H22N2O4S/c1-12-5-7-16(10-14(12)3)24-9-8-18(21)20-15-6-4-13(2)17(11-15)25(19,22)23/h4-7,10-11H,8-9H2,1-3H3,(H,20,21)(H2,19,22,23). The summed E-state index contributed by atoms with van der Waals surface area (Å²) in [6.45, 7) is 5.88. The normalized spacial score (nSPS) is 11.2. The summed E-state index contributed by atoms with van der Waals surface area (Å²) in [6, 6.07) is 10.3. The lowest BCUT2D eigenvalue weighted by molar-refractivity contribution is -0.116. The molecular weight excluding hydrogens is 340 g/mol. The molecule has 7 heteroatoms. The van der Waals surface area contributed by atoms with Crippen LogP contribution in [0.25, 0.3) is 0 Å². The van der Waals surface area contributed by atoms with E-state index in [1.807, 2.05) is 32.0 Å². The lowest BCUT2D eigenvalue weighted by atomic mass is 10.1. The van der Waals surface area contributed by atoms with Crippen LogP contribution in [0.1, 0.15) is 23.1 Å². The predicted octanol–water partition coefficient (Wildman–Crippen LogP) is 2.67. The maximum atomic E-state index is 12.0. The smallest absolute Gasteiger partial charge is 0.238 e. The van der Waals surface area contributed by atoms with Crippen LogP contribution in [-0.4, -0.2) is 20.9 Å². The summed E-state index contributed by atoms with van der Waals surface area (Å²) in [6.07, 6.45) is 0.144. The second kappa shape index (κ2) is 7.67. The second-order valence-corrected chi connectivity index (χ2v) is 7.45. The fraction of sp³-hybridized carbons (Fsp3) is 0.278. The van der Waals surface area contributed by atoms with Crippen molar-refractivity contribution in [3.8, 4) is 5.75 Å². The summed E-state index contributed by atoms with van der Waals surface area (Å²) in [5, 5.41) is 7.81. The number of benzene rings is 2. The molecule has 0 spiro atoms. The van der Waals surface area contributed by atoms with Crippen molar-refractivity contribution in [1.29, 1.82) is 0 Å². The molecule has 0 saturated heterocycles. The summed E-state index contributed by atoms with van der Waals surface area (Å²) in [7, 11) is -3.83. The lowest BCUT2D eigenvalue weighted by Gasteiger charge is -2.10. The first-order valence-electron chi connectivity index (χ1n) is 7.80. The number of carbonyl (C=O) groups is 1. The van der Waals surface area contributed by atoms with Crippen LogP contribution in [0.5, 0.6) is 5.75 Å². The van der Waals surface area contributed by atoms with E-state index < -0.39 is 10.0 Å². The molecule has 3 N–H and O–H groups in total. The number of anilines is 1. The van der Waals surface area contributed by atoms with E-state index in [-0.39, 0.29) is 23.8 Å². The van der Waals surface area contributed by atoms with E-state index in [0.717, 1.165) is 5.56 Å². The monoisotopic (exact) mass is 362 g/mol. The van der Waals surface area contributed by atoms with Crippen LogP contribution < -0.4 is 15.2 Å². The molecule has 0 atom stereocenters. The lowest BCUT2D eigenvalue weighted by Crippen LogP contribution is -2.17. The molecule has 0 fully saturated rings. The maximum Gasteiger partial charge on any atom is 0.238 e. The highest BCUT2D eigenvalue weighted by Crippen LogP contribution is 2.19. The van der Waals surface area contributed by atoms with E-state index in [4.69, 9.17) is 9.88 Å². The summed E-state index contributed by atoms with van der Waals surface area (Å²) in [5.41, 5.74) is 3.21. The number of hydrogen-bond acceptors (Lipinski definition) is 4. The van der Waals surface area contributed by atoms with Gasteiger partial charge in [-0.3, -0.25) is 4.79 Å². The van der Waals surface area contributed by atoms with Crippen LogP contribution in [0.4, 0.5) is 5.69 Å². The minimum absolute atomic E-state index is 0.00307. The molecule has 134 valence electrons. The number of hydrogen-bond donors (Lipinski definition) is 2. The van der Waals surface area contributed by atoms with Gasteiger partial charge >= 0.3 is 0 Å². The molecule has 0 aromatic heterocycles. The molecule has 0 aliphatic carbocycles. The van der Waals surface area contributed by atoms with Gasteiger partial charge in [-0.25, -0.2) is 13.6 Å². The van der Waals surface area contributed by atoms with Crippen molar-refractivity contribution >= 4 is 21.6 Å². The van der Waals surface area contributed by atoms with Crippen LogP contribution in [-0.2, 0) is 14.8 Å². The Morgan fingerprint density at radius 1 is 1.04 bits per heavy atom. The zero-order chi connectivity index (χ0) is 18.6. The third-order valence-corrected chi connectivity index (χ3v) is 4.91. The molecule has 6 nitrogen and oxygen atoms in total. The molecule has 1 amide bonds. The van der Waals surface area contributed by atoms with E-state index in [0.29, 0.717) is 17.0 Å². The van der Waals surface area contributed by atoms with E-state index in [2.05, 4.69) is 5.32 Å². The summed E-state index contributed by atoms with van der Waals surface area (Å²) in [5.74, 6) is 0.441. The Labute approximate surface area is 148 Å². The van der Waals surface area contributed by atoms with Crippen molar-refractivity contribution in [2.75, 3.05) is 11.9 Å². The Kier molecular flexibility index (Phi) is 5.81. The van der Waals surface area contributed by atoms with Crippen molar-refractivity contribution < 1.29 is 17.9 Å². The molecule has 0 unspecified atom stereocenters. The van der Waals surface area contributed by atoms with Crippen LogP contribution in [0, 0.1) is 20.8 Å². The largest absolute Gasteiger partial charge is 0.493 e. The number of aryl methyl sites for hydroxylation is 3. The Morgan fingerprint density at radius 2 is 1.72 bits per heavy atom. The van der Waals surface area contributed by atoms with Crippen LogP contribution >= 0.6 is 0 Å². The van der Waals surface area contributed by atoms with Crippen LogP contribution in [0.15, 0.2) is 41.3 Å². The third-order valence-electron chi connectivity index (χ3n) is 3.85. The quantitative estimate of drug-likeness (QED) is 0.825. The fourth-order valence-electron chi connectivity index (χ4n) is 2.27. The van der Waals surface area contributed by atoms with Gasteiger partial charge in [0.15, 0.2) is 0 Å². The fourth-order valence-corrected chi connectivity index (χ4v) is 3.08. The molecule has 0 bridgehead atoms. The van der Waals surface area contributed by atoms with Crippen molar-refractivity contribution in [2.45, 2.75) is 32.1 Å². The minimum Gasteiger partial charge on any atom is -0.493 e. The maximum absolute atomic E-state index is 12.0. The zero-order valence-corrected chi connectivity index (χ0v) is 15.3. The Balaban J connectivity index is 1.93. The van der Waals surface area contributed by atoms with E-state index in [9.17, 15) is 13.2 Å². The molecule has 0 radical (unpaired) electrons.